The second-order valence-corrected chi connectivity index (χ2v) is 12.9. The molecule has 1 saturated heterocycles. The normalized spacial score (nSPS) is 23.9. The largest absolute Gasteiger partial charge is 0.476 e. The fraction of sp³-hybridized carbons (Fsp3) is 0.719. The summed E-state index contributed by atoms with van der Waals surface area (Å²) in [5.41, 5.74) is 0.241. The van der Waals surface area contributed by atoms with Gasteiger partial charge < -0.3 is 39.8 Å². The maximum absolute atomic E-state index is 14.1. The molecule has 3 amide bonds. The van der Waals surface area contributed by atoms with E-state index in [9.17, 15) is 19.5 Å². The number of carbonyl (C=O) groups is 3. The summed E-state index contributed by atoms with van der Waals surface area (Å²) in [6.45, 7) is 12.1. The fourth-order valence-electron chi connectivity index (χ4n) is 6.03. The molecule has 0 spiro atoms. The van der Waals surface area contributed by atoms with E-state index in [4.69, 9.17) is 14.2 Å². The molecule has 1 aliphatic carbocycles. The van der Waals surface area contributed by atoms with Crippen molar-refractivity contribution >= 4 is 29.1 Å². The van der Waals surface area contributed by atoms with Crippen LogP contribution in [-0.4, -0.2) is 93.2 Å². The molecule has 3 N–H and O–H groups in total. The van der Waals surface area contributed by atoms with Gasteiger partial charge in [-0.15, -0.1) is 0 Å². The van der Waals surface area contributed by atoms with Gasteiger partial charge >= 0.3 is 0 Å². The number of anilines is 2. The van der Waals surface area contributed by atoms with Crippen molar-refractivity contribution in [2.75, 3.05) is 56.4 Å². The molecule has 0 radical (unpaired) electrons. The Labute approximate surface area is 255 Å². The van der Waals surface area contributed by atoms with Crippen LogP contribution >= 0.6 is 0 Å². The summed E-state index contributed by atoms with van der Waals surface area (Å²) >= 11 is 0. The highest BCUT2D eigenvalue weighted by Crippen LogP contribution is 2.43. The first-order valence-electron chi connectivity index (χ1n) is 15.7. The molecular weight excluding hydrogens is 552 g/mol. The Balaban J connectivity index is 1.55. The van der Waals surface area contributed by atoms with E-state index in [1.165, 1.54) is 0 Å². The fourth-order valence-corrected chi connectivity index (χ4v) is 6.03. The van der Waals surface area contributed by atoms with Crippen molar-refractivity contribution in [1.29, 1.82) is 0 Å². The predicted molar refractivity (Wildman–Crippen MR) is 164 cm³/mol. The van der Waals surface area contributed by atoms with Crippen LogP contribution in [0.5, 0.6) is 5.75 Å². The van der Waals surface area contributed by atoms with Gasteiger partial charge in [0.2, 0.25) is 11.8 Å². The molecule has 0 unspecified atom stereocenters. The maximum Gasteiger partial charge on any atom is 0.270 e. The lowest BCUT2D eigenvalue weighted by Crippen LogP contribution is -2.58. The Morgan fingerprint density at radius 2 is 1.95 bits per heavy atom. The van der Waals surface area contributed by atoms with E-state index in [0.29, 0.717) is 55.8 Å². The molecule has 0 aromatic heterocycles. The Hall–Kier alpha value is -2.73. The van der Waals surface area contributed by atoms with E-state index >= 15 is 0 Å². The third-order valence-corrected chi connectivity index (χ3v) is 8.35. The van der Waals surface area contributed by atoms with Crippen LogP contribution in [0.2, 0.25) is 0 Å². The second kappa shape index (κ2) is 14.4. The lowest BCUT2D eigenvalue weighted by Gasteiger charge is -2.40. The van der Waals surface area contributed by atoms with Crippen LogP contribution in [-0.2, 0) is 23.9 Å². The molecule has 2 fully saturated rings. The lowest BCUT2D eigenvalue weighted by atomic mass is 9.85. The summed E-state index contributed by atoms with van der Waals surface area (Å²) in [5.74, 6) is -1.30. The van der Waals surface area contributed by atoms with Crippen molar-refractivity contribution < 1.29 is 33.7 Å². The van der Waals surface area contributed by atoms with E-state index in [1.807, 2.05) is 25.1 Å². The Kier molecular flexibility index (Phi) is 11.1. The zero-order valence-corrected chi connectivity index (χ0v) is 26.6. The van der Waals surface area contributed by atoms with E-state index < -0.39 is 23.5 Å². The molecule has 0 bridgehead atoms. The SMILES string of the molecule is CCOC[C@@H](CC(C)C)NC(=O)[C@@H]1CNC[C@H](C(=O)N(c2ccc3c(c2)N(CCCOC)C(=O)C(C)(C)O3)C2CC2)[C@@H]1O. The number of hydrogen-bond donors (Lipinski definition) is 3. The molecule has 1 aromatic carbocycles. The van der Waals surface area contributed by atoms with Gasteiger partial charge in [0.05, 0.1) is 36.3 Å². The number of ether oxygens (including phenoxy) is 3. The third kappa shape index (κ3) is 7.87. The summed E-state index contributed by atoms with van der Waals surface area (Å²) in [7, 11) is 1.63. The van der Waals surface area contributed by atoms with Crippen LogP contribution in [0.25, 0.3) is 0 Å². The minimum Gasteiger partial charge on any atom is -0.476 e. The van der Waals surface area contributed by atoms with Crippen LogP contribution in [0.15, 0.2) is 18.2 Å². The summed E-state index contributed by atoms with van der Waals surface area (Å²) in [6.07, 6.45) is 1.95. The standard InChI is InChI=1S/C32H50N4O7/c1-7-42-19-21(15-20(2)3)34-29(38)24-17-33-18-25(28(24)37)30(39)36(22-9-10-22)23-11-12-27-26(16-23)35(13-8-14-41-6)31(40)32(4,5)43-27/h11-12,16,20-22,24-25,28,33,37H,7-10,13-15,17-19H2,1-6H3,(H,34,38)/t21-,24-,25+,28-/m1/s1. The molecule has 43 heavy (non-hydrogen) atoms. The first-order chi connectivity index (χ1) is 20.5. The monoisotopic (exact) mass is 602 g/mol. The molecule has 240 valence electrons. The maximum atomic E-state index is 14.1. The number of aliphatic hydroxyl groups is 1. The van der Waals surface area contributed by atoms with Crippen LogP contribution in [0.3, 0.4) is 0 Å². The van der Waals surface area contributed by atoms with Crippen molar-refractivity contribution in [1.82, 2.24) is 10.6 Å². The number of aliphatic hydroxyl groups excluding tert-OH is 1. The number of benzene rings is 1. The van der Waals surface area contributed by atoms with Crippen LogP contribution < -0.4 is 25.2 Å². The van der Waals surface area contributed by atoms with Gasteiger partial charge in [-0.3, -0.25) is 14.4 Å². The molecule has 2 heterocycles. The highest BCUT2D eigenvalue weighted by molar-refractivity contribution is 6.04. The summed E-state index contributed by atoms with van der Waals surface area (Å²) in [5, 5.41) is 17.7. The Morgan fingerprint density at radius 3 is 2.60 bits per heavy atom. The predicted octanol–water partition coefficient (Wildman–Crippen LogP) is 2.49. The van der Waals surface area contributed by atoms with E-state index in [-0.39, 0.29) is 42.9 Å². The van der Waals surface area contributed by atoms with Gasteiger partial charge in [-0.05, 0) is 70.6 Å². The molecular formula is C32H50N4O7. The average Bonchev–Trinajstić information content (AvgIpc) is 3.79. The van der Waals surface area contributed by atoms with Crippen molar-refractivity contribution in [2.24, 2.45) is 17.8 Å². The van der Waals surface area contributed by atoms with Crippen molar-refractivity contribution in [3.8, 4) is 5.75 Å². The number of carbonyl (C=O) groups excluding carboxylic acids is 3. The molecule has 1 aromatic rings. The summed E-state index contributed by atoms with van der Waals surface area (Å²) in [4.78, 5) is 44.3. The summed E-state index contributed by atoms with van der Waals surface area (Å²) < 4.78 is 16.9. The van der Waals surface area contributed by atoms with Gasteiger partial charge in [-0.2, -0.15) is 0 Å². The van der Waals surface area contributed by atoms with Gasteiger partial charge in [0, 0.05) is 51.7 Å². The molecule has 3 aliphatic rings. The number of nitrogens with zero attached hydrogens (tertiary/aromatic N) is 2. The smallest absolute Gasteiger partial charge is 0.270 e. The zero-order valence-electron chi connectivity index (χ0n) is 26.6. The highest BCUT2D eigenvalue weighted by atomic mass is 16.5. The van der Waals surface area contributed by atoms with E-state index in [2.05, 4.69) is 24.5 Å². The van der Waals surface area contributed by atoms with Crippen LogP contribution in [0.1, 0.15) is 60.3 Å². The first-order valence-corrected chi connectivity index (χ1v) is 15.7. The Bertz CT molecular complexity index is 1140. The number of hydrogen-bond acceptors (Lipinski definition) is 8. The molecule has 4 rings (SSSR count). The molecule has 1 saturated carbocycles. The first kappa shape index (κ1) is 33.2. The van der Waals surface area contributed by atoms with Gasteiger partial charge in [0.25, 0.3) is 5.91 Å². The van der Waals surface area contributed by atoms with Crippen molar-refractivity contribution in [2.45, 2.75) is 84.1 Å². The molecule has 11 nitrogen and oxygen atoms in total. The average molecular weight is 603 g/mol. The third-order valence-electron chi connectivity index (χ3n) is 8.35. The van der Waals surface area contributed by atoms with Gasteiger partial charge in [0.1, 0.15) is 5.75 Å². The van der Waals surface area contributed by atoms with E-state index in [0.717, 1.165) is 19.3 Å². The van der Waals surface area contributed by atoms with Crippen molar-refractivity contribution in [3.63, 3.8) is 0 Å². The quantitative estimate of drug-likeness (QED) is 0.277. The number of fused-ring (bicyclic) bond motifs is 1. The highest BCUT2D eigenvalue weighted by Gasteiger charge is 2.46. The van der Waals surface area contributed by atoms with Crippen molar-refractivity contribution in [3.05, 3.63) is 18.2 Å². The Morgan fingerprint density at radius 1 is 1.23 bits per heavy atom. The van der Waals surface area contributed by atoms with Gasteiger partial charge in [-0.1, -0.05) is 13.8 Å². The van der Waals surface area contributed by atoms with Gasteiger partial charge in [0.15, 0.2) is 5.60 Å². The number of rotatable bonds is 14. The minimum atomic E-state index is -1.14. The zero-order chi connectivity index (χ0) is 31.3. The molecule has 2 aliphatic heterocycles. The second-order valence-electron chi connectivity index (χ2n) is 12.9. The molecule has 4 atom stereocenters. The topological polar surface area (TPSA) is 130 Å². The summed E-state index contributed by atoms with van der Waals surface area (Å²) in [6, 6.07) is 5.31. The minimum absolute atomic E-state index is 0.00726. The lowest BCUT2D eigenvalue weighted by molar-refractivity contribution is -0.137. The van der Waals surface area contributed by atoms with Crippen LogP contribution in [0.4, 0.5) is 11.4 Å². The van der Waals surface area contributed by atoms with Crippen LogP contribution in [0, 0.1) is 17.8 Å². The molecule has 11 heteroatoms. The number of amides is 3. The van der Waals surface area contributed by atoms with E-state index in [1.54, 1.807) is 30.8 Å². The van der Waals surface area contributed by atoms with Gasteiger partial charge in [-0.25, -0.2) is 0 Å². The number of piperidine rings is 1. The number of methoxy groups -OCH3 is 1. The number of nitrogens with one attached hydrogen (secondary N) is 2.